The van der Waals surface area contributed by atoms with Crippen molar-refractivity contribution in [3.05, 3.63) is 76.1 Å². The number of anilines is 1. The van der Waals surface area contributed by atoms with Crippen LogP contribution in [-0.2, 0) is 17.5 Å². The average molecular weight is 471 g/mol. The molecule has 2 aromatic carbocycles. The van der Waals surface area contributed by atoms with Gasteiger partial charge in [-0.2, -0.15) is 13.2 Å². The van der Waals surface area contributed by atoms with Crippen LogP contribution < -0.4 is 10.9 Å². The Morgan fingerprint density at radius 1 is 1.03 bits per heavy atom. The third-order valence-corrected chi connectivity index (χ3v) is 6.13. The lowest BCUT2D eigenvalue weighted by Crippen LogP contribution is -2.39. The molecule has 0 atom stereocenters. The topological polar surface area (TPSA) is 71.4 Å². The number of pyridine rings is 1. The second-order valence-corrected chi connectivity index (χ2v) is 8.57. The van der Waals surface area contributed by atoms with Crippen molar-refractivity contribution in [2.45, 2.75) is 32.5 Å². The fourth-order valence-corrected chi connectivity index (χ4v) is 4.23. The van der Waals surface area contributed by atoms with E-state index >= 15 is 0 Å². The Balaban J connectivity index is 1.64. The van der Waals surface area contributed by atoms with Gasteiger partial charge in [-0.3, -0.25) is 19.0 Å². The molecule has 1 aliphatic rings. The Kier molecular flexibility index (Phi) is 6.45. The van der Waals surface area contributed by atoms with Crippen molar-refractivity contribution in [1.29, 1.82) is 0 Å². The first-order valence-electron chi connectivity index (χ1n) is 11.0. The zero-order chi connectivity index (χ0) is 24.5. The minimum atomic E-state index is -4.64. The molecule has 2 amide bonds. The van der Waals surface area contributed by atoms with Crippen LogP contribution in [0.25, 0.3) is 10.9 Å². The first-order valence-corrected chi connectivity index (χ1v) is 11.0. The molecule has 0 aliphatic carbocycles. The number of nitrogens with one attached hydrogen (secondary N) is 1. The molecular weight excluding hydrogens is 447 g/mol. The molecule has 4 rings (SSSR count). The molecule has 0 radical (unpaired) electrons. The number of hydrogen-bond acceptors (Lipinski definition) is 3. The van der Waals surface area contributed by atoms with Gasteiger partial charge in [0.25, 0.3) is 11.5 Å². The summed E-state index contributed by atoms with van der Waals surface area (Å²) in [5.74, 6) is -0.487. The zero-order valence-corrected chi connectivity index (χ0v) is 18.6. The number of benzene rings is 2. The van der Waals surface area contributed by atoms with Gasteiger partial charge in [-0.25, -0.2) is 0 Å². The fraction of sp³-hybridized carbons (Fsp3) is 0.320. The second-order valence-electron chi connectivity index (χ2n) is 8.57. The molecule has 0 spiro atoms. The highest BCUT2D eigenvalue weighted by Gasteiger charge is 2.33. The van der Waals surface area contributed by atoms with E-state index in [-0.39, 0.29) is 17.2 Å². The number of alkyl halides is 3. The van der Waals surface area contributed by atoms with E-state index in [0.717, 1.165) is 29.5 Å². The summed E-state index contributed by atoms with van der Waals surface area (Å²) in [6.45, 7) is 2.86. The Morgan fingerprint density at radius 2 is 1.68 bits per heavy atom. The monoisotopic (exact) mass is 471 g/mol. The highest BCUT2D eigenvalue weighted by Crippen LogP contribution is 2.34. The molecule has 1 saturated heterocycles. The summed E-state index contributed by atoms with van der Waals surface area (Å²) in [6.07, 6.45) is -2.86. The number of para-hydroxylation sites is 2. The molecule has 9 heteroatoms. The van der Waals surface area contributed by atoms with Crippen LogP contribution in [-0.4, -0.2) is 34.4 Å². The number of carbonyl (C=O) groups excluding carboxylic acids is 2. The molecule has 0 saturated carbocycles. The lowest BCUT2D eigenvalue weighted by molar-refractivity contribution is -0.137. The maximum atomic E-state index is 13.3. The van der Waals surface area contributed by atoms with Crippen molar-refractivity contribution in [2.24, 2.45) is 5.92 Å². The summed E-state index contributed by atoms with van der Waals surface area (Å²) in [5, 5.41) is 2.77. The van der Waals surface area contributed by atoms with Crippen molar-refractivity contribution in [3.8, 4) is 0 Å². The molecular formula is C25H24F3N3O3. The van der Waals surface area contributed by atoms with Crippen LogP contribution in [0.4, 0.5) is 18.9 Å². The molecule has 0 bridgehead atoms. The third-order valence-electron chi connectivity index (χ3n) is 6.13. The number of fused-ring (bicyclic) bond motifs is 1. The van der Waals surface area contributed by atoms with Crippen LogP contribution in [0.15, 0.2) is 59.4 Å². The van der Waals surface area contributed by atoms with Crippen molar-refractivity contribution in [3.63, 3.8) is 0 Å². The largest absolute Gasteiger partial charge is 0.418 e. The number of rotatable bonds is 4. The number of carbonyl (C=O) groups is 2. The van der Waals surface area contributed by atoms with E-state index in [1.165, 1.54) is 18.2 Å². The zero-order valence-electron chi connectivity index (χ0n) is 18.6. The van der Waals surface area contributed by atoms with Crippen LogP contribution in [0.5, 0.6) is 0 Å². The number of amides is 2. The van der Waals surface area contributed by atoms with E-state index in [1.807, 2.05) is 0 Å². The average Bonchev–Trinajstić information content (AvgIpc) is 2.80. The van der Waals surface area contributed by atoms with Gasteiger partial charge in [0.1, 0.15) is 6.54 Å². The van der Waals surface area contributed by atoms with Crippen LogP contribution in [0.1, 0.15) is 35.7 Å². The Labute approximate surface area is 194 Å². The number of hydrogen-bond donors (Lipinski definition) is 1. The first-order chi connectivity index (χ1) is 16.1. The number of piperidine rings is 1. The number of aromatic nitrogens is 1. The van der Waals surface area contributed by atoms with Gasteiger partial charge >= 0.3 is 6.18 Å². The third kappa shape index (κ3) is 4.83. The predicted octanol–water partition coefficient (Wildman–Crippen LogP) is 4.53. The molecule has 1 aromatic heterocycles. The van der Waals surface area contributed by atoms with Gasteiger partial charge in [0, 0.05) is 24.5 Å². The van der Waals surface area contributed by atoms with Gasteiger partial charge < -0.3 is 10.2 Å². The van der Waals surface area contributed by atoms with Crippen LogP contribution >= 0.6 is 0 Å². The molecule has 1 N–H and O–H groups in total. The Morgan fingerprint density at radius 3 is 2.38 bits per heavy atom. The van der Waals surface area contributed by atoms with Gasteiger partial charge in [0.2, 0.25) is 5.91 Å². The maximum absolute atomic E-state index is 13.3. The summed E-state index contributed by atoms with van der Waals surface area (Å²) in [5.41, 5.74) is -1.32. The quantitative estimate of drug-likeness (QED) is 0.608. The number of likely N-dealkylation sites (tertiary alicyclic amines) is 1. The molecule has 34 heavy (non-hydrogen) atoms. The summed E-state index contributed by atoms with van der Waals surface area (Å²) >= 11 is 0. The van der Waals surface area contributed by atoms with E-state index < -0.39 is 29.8 Å². The normalized spacial score (nSPS) is 14.9. The van der Waals surface area contributed by atoms with E-state index in [1.54, 1.807) is 29.2 Å². The maximum Gasteiger partial charge on any atom is 0.418 e. The van der Waals surface area contributed by atoms with Crippen molar-refractivity contribution < 1.29 is 22.8 Å². The van der Waals surface area contributed by atoms with Gasteiger partial charge in [-0.05, 0) is 37.0 Å². The van der Waals surface area contributed by atoms with Crippen molar-refractivity contribution >= 4 is 28.4 Å². The molecule has 3 aromatic rings. The molecule has 0 unspecified atom stereocenters. The minimum absolute atomic E-state index is 0.240. The second kappa shape index (κ2) is 9.32. The lowest BCUT2D eigenvalue weighted by atomic mass is 9.98. The van der Waals surface area contributed by atoms with Crippen LogP contribution in [0.3, 0.4) is 0 Å². The lowest BCUT2D eigenvalue weighted by Gasteiger charge is -2.30. The highest BCUT2D eigenvalue weighted by atomic mass is 19.4. The van der Waals surface area contributed by atoms with Crippen LogP contribution in [0, 0.1) is 5.92 Å². The number of halogens is 3. The SMILES string of the molecule is CC1CCN(C(=O)c2cc(=O)n(CC(=O)Nc3ccccc3C(F)(F)F)c3ccccc23)CC1. The fourth-order valence-electron chi connectivity index (χ4n) is 4.23. The Bertz CT molecular complexity index is 1290. The van der Waals surface area contributed by atoms with Crippen molar-refractivity contribution in [1.82, 2.24) is 9.47 Å². The number of nitrogens with zero attached hydrogens (tertiary/aromatic N) is 2. The van der Waals surface area contributed by atoms with E-state index in [0.29, 0.717) is 29.9 Å². The van der Waals surface area contributed by atoms with Gasteiger partial charge in [0.15, 0.2) is 0 Å². The van der Waals surface area contributed by atoms with E-state index in [4.69, 9.17) is 0 Å². The molecule has 2 heterocycles. The summed E-state index contributed by atoms with van der Waals surface area (Å²) < 4.78 is 40.9. The smallest absolute Gasteiger partial charge is 0.339 e. The summed E-state index contributed by atoms with van der Waals surface area (Å²) in [6, 6.07) is 12.6. The highest BCUT2D eigenvalue weighted by molar-refractivity contribution is 6.06. The Hall–Kier alpha value is -3.62. The molecule has 6 nitrogen and oxygen atoms in total. The first kappa shape index (κ1) is 23.5. The molecule has 178 valence electrons. The van der Waals surface area contributed by atoms with E-state index in [2.05, 4.69) is 12.2 Å². The molecule has 1 fully saturated rings. The van der Waals surface area contributed by atoms with Crippen LogP contribution in [0.2, 0.25) is 0 Å². The standard InChI is InChI=1S/C25H24F3N3O3/c1-16-10-12-30(13-11-16)24(34)18-14-23(33)31(21-9-5-2-6-17(18)21)15-22(32)29-20-8-4-3-7-19(20)25(26,27)28/h2-9,14,16H,10-13,15H2,1H3,(H,29,32). The van der Waals surface area contributed by atoms with Gasteiger partial charge in [-0.15, -0.1) is 0 Å². The van der Waals surface area contributed by atoms with Crippen molar-refractivity contribution in [2.75, 3.05) is 18.4 Å². The summed E-state index contributed by atoms with van der Waals surface area (Å²) in [7, 11) is 0. The van der Waals surface area contributed by atoms with E-state index in [9.17, 15) is 27.6 Å². The molecule has 1 aliphatic heterocycles. The minimum Gasteiger partial charge on any atom is -0.339 e. The predicted molar refractivity (Wildman–Crippen MR) is 123 cm³/mol. The summed E-state index contributed by atoms with van der Waals surface area (Å²) in [4.78, 5) is 40.5. The van der Waals surface area contributed by atoms with Gasteiger partial charge in [-0.1, -0.05) is 37.3 Å². The van der Waals surface area contributed by atoms with Gasteiger partial charge in [0.05, 0.1) is 22.3 Å².